The molecule has 0 saturated heterocycles. The second-order valence-corrected chi connectivity index (χ2v) is 9.22. The fourth-order valence-corrected chi connectivity index (χ4v) is 3.50. The summed E-state index contributed by atoms with van der Waals surface area (Å²) in [5.41, 5.74) is 6.78. The summed E-state index contributed by atoms with van der Waals surface area (Å²) in [5, 5.41) is 36.4. The number of aromatic hydroxyl groups is 2. The van der Waals surface area contributed by atoms with Crippen LogP contribution in [-0.2, 0) is 32.0 Å². The van der Waals surface area contributed by atoms with E-state index in [9.17, 15) is 34.5 Å². The molecule has 11 nitrogen and oxygen atoms in total. The van der Waals surface area contributed by atoms with Gasteiger partial charge in [0.25, 0.3) is 0 Å². The van der Waals surface area contributed by atoms with E-state index in [0.717, 1.165) is 0 Å². The van der Waals surface area contributed by atoms with Crippen molar-refractivity contribution in [3.05, 3.63) is 59.7 Å². The number of carboxylic acids is 1. The standard InChI is InChI=1S/C26H34N4O7/c1-14(2)22(30-23(33)15(3)27)25(35)28-20(12-16-4-8-18(31)9-5-16)24(34)29-21(26(36)37)13-17-6-10-19(32)11-7-17/h4-11,14-15,20-22,31-32H,12-13,27H2,1-3H3,(H,28,35)(H,29,34)(H,30,33)(H,36,37). The van der Waals surface area contributed by atoms with Crippen LogP contribution in [0.3, 0.4) is 0 Å². The van der Waals surface area contributed by atoms with E-state index in [1.807, 2.05) is 0 Å². The average Bonchev–Trinajstić information content (AvgIpc) is 2.83. The molecule has 3 amide bonds. The monoisotopic (exact) mass is 514 g/mol. The molecule has 0 bridgehead atoms. The Balaban J connectivity index is 2.26. The molecule has 0 fully saturated rings. The molecule has 4 atom stereocenters. The highest BCUT2D eigenvalue weighted by molar-refractivity contribution is 5.94. The van der Waals surface area contributed by atoms with Gasteiger partial charge >= 0.3 is 5.97 Å². The number of amides is 3. The fourth-order valence-electron chi connectivity index (χ4n) is 3.50. The minimum Gasteiger partial charge on any atom is -0.508 e. The van der Waals surface area contributed by atoms with Crippen LogP contribution in [0.2, 0.25) is 0 Å². The van der Waals surface area contributed by atoms with Gasteiger partial charge in [0.15, 0.2) is 0 Å². The van der Waals surface area contributed by atoms with Gasteiger partial charge in [0, 0.05) is 12.8 Å². The Morgan fingerprint density at radius 1 is 0.703 bits per heavy atom. The third kappa shape index (κ3) is 9.12. The van der Waals surface area contributed by atoms with Crippen molar-refractivity contribution >= 4 is 23.7 Å². The topological polar surface area (TPSA) is 191 Å². The first-order valence-corrected chi connectivity index (χ1v) is 11.8. The van der Waals surface area contributed by atoms with Crippen molar-refractivity contribution < 1.29 is 34.5 Å². The predicted molar refractivity (Wildman–Crippen MR) is 136 cm³/mol. The second kappa shape index (κ2) is 13.3. The van der Waals surface area contributed by atoms with Crippen LogP contribution in [0.15, 0.2) is 48.5 Å². The van der Waals surface area contributed by atoms with Gasteiger partial charge in [0.1, 0.15) is 29.6 Å². The number of aliphatic carboxylic acids is 1. The first-order chi connectivity index (χ1) is 17.4. The van der Waals surface area contributed by atoms with E-state index in [1.165, 1.54) is 31.2 Å². The predicted octanol–water partition coefficient (Wildman–Crippen LogP) is 0.425. The third-order valence-electron chi connectivity index (χ3n) is 5.66. The molecule has 37 heavy (non-hydrogen) atoms. The maximum absolute atomic E-state index is 13.2. The molecule has 200 valence electrons. The van der Waals surface area contributed by atoms with Gasteiger partial charge in [0.05, 0.1) is 6.04 Å². The Labute approximate surface area is 215 Å². The van der Waals surface area contributed by atoms with Gasteiger partial charge < -0.3 is 37.0 Å². The molecule has 0 heterocycles. The number of phenols is 2. The van der Waals surface area contributed by atoms with Gasteiger partial charge in [-0.3, -0.25) is 14.4 Å². The quantitative estimate of drug-likeness (QED) is 0.212. The number of hydrogen-bond acceptors (Lipinski definition) is 7. The highest BCUT2D eigenvalue weighted by Gasteiger charge is 2.31. The largest absolute Gasteiger partial charge is 0.508 e. The lowest BCUT2D eigenvalue weighted by molar-refractivity contribution is -0.142. The average molecular weight is 515 g/mol. The van der Waals surface area contributed by atoms with Crippen LogP contribution >= 0.6 is 0 Å². The molecule has 4 unspecified atom stereocenters. The molecule has 0 spiro atoms. The van der Waals surface area contributed by atoms with E-state index in [0.29, 0.717) is 11.1 Å². The molecule has 0 radical (unpaired) electrons. The number of nitrogens with two attached hydrogens (primary N) is 1. The van der Waals surface area contributed by atoms with Crippen LogP contribution < -0.4 is 21.7 Å². The van der Waals surface area contributed by atoms with Gasteiger partial charge in [-0.2, -0.15) is 0 Å². The Hall–Kier alpha value is -4.12. The number of carbonyl (C=O) groups excluding carboxylic acids is 3. The number of carbonyl (C=O) groups is 4. The molecule has 0 aliphatic carbocycles. The Morgan fingerprint density at radius 3 is 1.54 bits per heavy atom. The van der Waals surface area contributed by atoms with Crippen molar-refractivity contribution in [3.63, 3.8) is 0 Å². The molecule has 0 saturated carbocycles. The van der Waals surface area contributed by atoms with Crippen LogP contribution in [0.1, 0.15) is 31.9 Å². The van der Waals surface area contributed by atoms with Crippen molar-refractivity contribution in [2.24, 2.45) is 11.7 Å². The summed E-state index contributed by atoms with van der Waals surface area (Å²) in [7, 11) is 0. The lowest BCUT2D eigenvalue weighted by Crippen LogP contribution is -2.58. The molecule has 2 rings (SSSR count). The molecular weight excluding hydrogens is 480 g/mol. The van der Waals surface area contributed by atoms with Gasteiger partial charge in [-0.15, -0.1) is 0 Å². The van der Waals surface area contributed by atoms with Crippen LogP contribution in [0, 0.1) is 5.92 Å². The minimum atomic E-state index is -1.31. The minimum absolute atomic E-state index is 0.00451. The first-order valence-electron chi connectivity index (χ1n) is 11.8. The zero-order valence-corrected chi connectivity index (χ0v) is 21.0. The lowest BCUT2D eigenvalue weighted by Gasteiger charge is -2.27. The van der Waals surface area contributed by atoms with Gasteiger partial charge in [-0.25, -0.2) is 4.79 Å². The van der Waals surface area contributed by atoms with Crippen LogP contribution in [-0.4, -0.2) is 63.2 Å². The van der Waals surface area contributed by atoms with E-state index in [1.54, 1.807) is 38.1 Å². The highest BCUT2D eigenvalue weighted by atomic mass is 16.4. The number of phenolic OH excluding ortho intramolecular Hbond substituents is 2. The zero-order valence-electron chi connectivity index (χ0n) is 21.0. The number of rotatable bonds is 12. The summed E-state index contributed by atoms with van der Waals surface area (Å²) in [6.07, 6.45) is -0.0598. The van der Waals surface area contributed by atoms with E-state index < -0.39 is 47.9 Å². The summed E-state index contributed by atoms with van der Waals surface area (Å²) in [4.78, 5) is 50.4. The van der Waals surface area contributed by atoms with Gasteiger partial charge in [-0.05, 0) is 48.2 Å². The maximum atomic E-state index is 13.2. The Kier molecular flexibility index (Phi) is 10.4. The van der Waals surface area contributed by atoms with E-state index in [4.69, 9.17) is 5.73 Å². The van der Waals surface area contributed by atoms with Crippen molar-refractivity contribution in [1.82, 2.24) is 16.0 Å². The van der Waals surface area contributed by atoms with Crippen LogP contribution in [0.4, 0.5) is 0 Å². The number of nitrogens with one attached hydrogen (secondary N) is 3. The van der Waals surface area contributed by atoms with Crippen LogP contribution in [0.5, 0.6) is 11.5 Å². The molecule has 0 aliphatic rings. The first kappa shape index (κ1) is 29.1. The second-order valence-electron chi connectivity index (χ2n) is 9.22. The smallest absolute Gasteiger partial charge is 0.326 e. The summed E-state index contributed by atoms with van der Waals surface area (Å²) in [6, 6.07) is 7.58. The van der Waals surface area contributed by atoms with Gasteiger partial charge in [0.2, 0.25) is 17.7 Å². The van der Waals surface area contributed by atoms with Gasteiger partial charge in [-0.1, -0.05) is 38.1 Å². The highest BCUT2D eigenvalue weighted by Crippen LogP contribution is 2.14. The van der Waals surface area contributed by atoms with Crippen molar-refractivity contribution in [3.8, 4) is 11.5 Å². The van der Waals surface area contributed by atoms with Crippen molar-refractivity contribution in [2.75, 3.05) is 0 Å². The van der Waals surface area contributed by atoms with E-state index in [-0.39, 0.29) is 30.3 Å². The molecule has 0 aromatic heterocycles. The molecule has 11 heteroatoms. The third-order valence-corrected chi connectivity index (χ3v) is 5.66. The number of hydrogen-bond donors (Lipinski definition) is 7. The van der Waals surface area contributed by atoms with E-state index >= 15 is 0 Å². The maximum Gasteiger partial charge on any atom is 0.326 e. The normalized spacial score (nSPS) is 14.2. The van der Waals surface area contributed by atoms with Crippen molar-refractivity contribution in [1.29, 1.82) is 0 Å². The van der Waals surface area contributed by atoms with Crippen molar-refractivity contribution in [2.45, 2.75) is 57.8 Å². The summed E-state index contributed by atoms with van der Waals surface area (Å²) < 4.78 is 0. The number of benzene rings is 2. The summed E-state index contributed by atoms with van der Waals surface area (Å²) in [6.45, 7) is 4.92. The van der Waals surface area contributed by atoms with E-state index in [2.05, 4.69) is 16.0 Å². The molecule has 0 aliphatic heterocycles. The Bertz CT molecular complexity index is 1090. The fraction of sp³-hybridized carbons (Fsp3) is 0.385. The lowest BCUT2D eigenvalue weighted by atomic mass is 10.00. The molecular formula is C26H34N4O7. The summed E-state index contributed by atoms with van der Waals surface area (Å²) >= 11 is 0. The molecule has 2 aromatic carbocycles. The number of carboxylic acid groups (broad SMARTS) is 1. The SMILES string of the molecule is CC(N)C(=O)NC(C(=O)NC(Cc1ccc(O)cc1)C(=O)NC(Cc1ccc(O)cc1)C(=O)O)C(C)C. The summed E-state index contributed by atoms with van der Waals surface area (Å²) in [5.74, 6) is -3.48. The Morgan fingerprint density at radius 2 is 1.14 bits per heavy atom. The molecule has 2 aromatic rings. The van der Waals surface area contributed by atoms with Crippen LogP contribution in [0.25, 0.3) is 0 Å². The molecule has 8 N–H and O–H groups in total. The zero-order chi connectivity index (χ0) is 27.7.